The number of nitrogens with zero attached hydrogens (tertiary/aromatic N) is 3. The third-order valence-electron chi connectivity index (χ3n) is 3.89. The van der Waals surface area contributed by atoms with Gasteiger partial charge in [0.15, 0.2) is 0 Å². The number of ether oxygens (including phenoxy) is 1. The van der Waals surface area contributed by atoms with Crippen molar-refractivity contribution < 1.29 is 4.74 Å². The Kier molecular flexibility index (Phi) is 4.63. The number of aromatic nitrogens is 2. The topological polar surface area (TPSA) is 50.3 Å². The molecule has 1 aliphatic heterocycles. The van der Waals surface area contributed by atoms with Crippen molar-refractivity contribution in [2.24, 2.45) is 5.92 Å². The van der Waals surface area contributed by atoms with Gasteiger partial charge in [0.2, 0.25) is 0 Å². The van der Waals surface area contributed by atoms with Crippen LogP contribution >= 0.6 is 11.6 Å². The molecule has 0 spiro atoms. The standard InChI is InChI=1S/C16H19ClN4O/c1-22-14-5-3-2-4-13(14)21-7-6-12(11-21)8-19-16-10-18-9-15(17)20-16/h2-5,9-10,12H,6-8,11H2,1H3,(H,19,20). The van der Waals surface area contributed by atoms with Crippen molar-refractivity contribution >= 4 is 23.1 Å². The maximum atomic E-state index is 5.84. The highest BCUT2D eigenvalue weighted by Crippen LogP contribution is 2.31. The van der Waals surface area contributed by atoms with Crippen molar-refractivity contribution in [1.82, 2.24) is 9.97 Å². The Morgan fingerprint density at radius 2 is 2.23 bits per heavy atom. The number of methoxy groups -OCH3 is 1. The Hall–Kier alpha value is -2.01. The number of hydrogen-bond donors (Lipinski definition) is 1. The molecule has 5 nitrogen and oxygen atoms in total. The Morgan fingerprint density at radius 1 is 1.36 bits per heavy atom. The van der Waals surface area contributed by atoms with Crippen molar-refractivity contribution in [3.63, 3.8) is 0 Å². The predicted molar refractivity (Wildman–Crippen MR) is 88.8 cm³/mol. The largest absolute Gasteiger partial charge is 0.495 e. The first-order valence-electron chi connectivity index (χ1n) is 7.35. The summed E-state index contributed by atoms with van der Waals surface area (Å²) in [6.07, 6.45) is 4.36. The maximum absolute atomic E-state index is 5.84. The van der Waals surface area contributed by atoms with Gasteiger partial charge >= 0.3 is 0 Å². The Labute approximate surface area is 135 Å². The molecule has 116 valence electrons. The average molecular weight is 319 g/mol. The molecular weight excluding hydrogens is 300 g/mol. The number of hydrogen-bond acceptors (Lipinski definition) is 5. The first-order valence-corrected chi connectivity index (χ1v) is 7.73. The summed E-state index contributed by atoms with van der Waals surface area (Å²) in [6, 6.07) is 8.15. The first kappa shape index (κ1) is 14.9. The molecule has 6 heteroatoms. The lowest BCUT2D eigenvalue weighted by Gasteiger charge is -2.21. The van der Waals surface area contributed by atoms with E-state index in [4.69, 9.17) is 16.3 Å². The highest BCUT2D eigenvalue weighted by molar-refractivity contribution is 6.29. The molecule has 22 heavy (non-hydrogen) atoms. The van der Waals surface area contributed by atoms with E-state index in [2.05, 4.69) is 26.3 Å². The summed E-state index contributed by atoms with van der Waals surface area (Å²) in [7, 11) is 1.71. The Morgan fingerprint density at radius 3 is 3.05 bits per heavy atom. The molecular formula is C16H19ClN4O. The number of benzene rings is 1. The van der Waals surface area contributed by atoms with E-state index in [1.807, 2.05) is 18.2 Å². The van der Waals surface area contributed by atoms with Gasteiger partial charge in [-0.3, -0.25) is 4.98 Å². The highest BCUT2D eigenvalue weighted by Gasteiger charge is 2.24. The third kappa shape index (κ3) is 3.42. The van der Waals surface area contributed by atoms with Crippen molar-refractivity contribution in [3.05, 3.63) is 41.8 Å². The van der Waals surface area contributed by atoms with E-state index in [0.29, 0.717) is 11.1 Å². The van der Waals surface area contributed by atoms with Gasteiger partial charge in [0.1, 0.15) is 16.7 Å². The molecule has 0 bridgehead atoms. The summed E-state index contributed by atoms with van der Waals surface area (Å²) >= 11 is 5.84. The van der Waals surface area contributed by atoms with Crippen LogP contribution in [-0.4, -0.2) is 36.7 Å². The summed E-state index contributed by atoms with van der Waals surface area (Å²) in [5.41, 5.74) is 1.16. The molecule has 1 aliphatic rings. The van der Waals surface area contributed by atoms with Gasteiger partial charge in [-0.25, -0.2) is 4.98 Å². The van der Waals surface area contributed by atoms with Gasteiger partial charge in [0.05, 0.1) is 25.2 Å². The number of para-hydroxylation sites is 2. The van der Waals surface area contributed by atoms with Crippen molar-refractivity contribution in [2.75, 3.05) is 37.0 Å². The Balaban J connectivity index is 1.58. The zero-order valence-corrected chi connectivity index (χ0v) is 13.3. The smallest absolute Gasteiger partial charge is 0.149 e. The zero-order chi connectivity index (χ0) is 15.4. The summed E-state index contributed by atoms with van der Waals surface area (Å²) < 4.78 is 5.45. The molecule has 1 aromatic heterocycles. The molecule has 1 aromatic carbocycles. The van der Waals surface area contributed by atoms with E-state index >= 15 is 0 Å². The summed E-state index contributed by atoms with van der Waals surface area (Å²) in [6.45, 7) is 2.90. The fourth-order valence-corrected chi connectivity index (χ4v) is 2.93. The van der Waals surface area contributed by atoms with E-state index in [-0.39, 0.29) is 0 Å². The van der Waals surface area contributed by atoms with Crippen LogP contribution in [0.25, 0.3) is 0 Å². The monoisotopic (exact) mass is 318 g/mol. The lowest BCUT2D eigenvalue weighted by molar-refractivity contribution is 0.414. The minimum atomic E-state index is 0.409. The van der Waals surface area contributed by atoms with E-state index < -0.39 is 0 Å². The summed E-state index contributed by atoms with van der Waals surface area (Å²) in [5.74, 6) is 2.21. The van der Waals surface area contributed by atoms with E-state index in [0.717, 1.165) is 43.3 Å². The molecule has 2 aromatic rings. The maximum Gasteiger partial charge on any atom is 0.149 e. The van der Waals surface area contributed by atoms with Gasteiger partial charge in [0.25, 0.3) is 0 Å². The SMILES string of the molecule is COc1ccccc1N1CCC(CNc2cncc(Cl)n2)C1. The number of anilines is 2. The van der Waals surface area contributed by atoms with Crippen LogP contribution in [0.4, 0.5) is 11.5 Å². The van der Waals surface area contributed by atoms with Gasteiger partial charge in [-0.15, -0.1) is 0 Å². The van der Waals surface area contributed by atoms with E-state index in [1.165, 1.54) is 6.20 Å². The van der Waals surface area contributed by atoms with Gasteiger partial charge in [-0.2, -0.15) is 0 Å². The minimum absolute atomic E-state index is 0.409. The average Bonchev–Trinajstić information content (AvgIpc) is 3.02. The molecule has 0 radical (unpaired) electrons. The van der Waals surface area contributed by atoms with Crippen LogP contribution < -0.4 is 15.0 Å². The van der Waals surface area contributed by atoms with Crippen LogP contribution in [0, 0.1) is 5.92 Å². The van der Waals surface area contributed by atoms with Gasteiger partial charge in [-0.05, 0) is 24.5 Å². The molecule has 0 aliphatic carbocycles. The van der Waals surface area contributed by atoms with Gasteiger partial charge < -0.3 is 15.0 Å². The molecule has 1 fully saturated rings. The lowest BCUT2D eigenvalue weighted by atomic mass is 10.1. The lowest BCUT2D eigenvalue weighted by Crippen LogP contribution is -2.23. The quantitative estimate of drug-likeness (QED) is 0.918. The van der Waals surface area contributed by atoms with Crippen molar-refractivity contribution in [1.29, 1.82) is 0 Å². The van der Waals surface area contributed by atoms with Crippen LogP contribution in [0.5, 0.6) is 5.75 Å². The second-order valence-corrected chi connectivity index (χ2v) is 5.77. The molecule has 0 saturated carbocycles. The molecule has 3 rings (SSSR count). The molecule has 1 N–H and O–H groups in total. The van der Waals surface area contributed by atoms with Gasteiger partial charge in [-0.1, -0.05) is 23.7 Å². The third-order valence-corrected chi connectivity index (χ3v) is 4.07. The Bertz CT molecular complexity index is 637. The highest BCUT2D eigenvalue weighted by atomic mass is 35.5. The van der Waals surface area contributed by atoms with Crippen LogP contribution in [0.1, 0.15) is 6.42 Å². The second-order valence-electron chi connectivity index (χ2n) is 5.38. The van der Waals surface area contributed by atoms with Crippen LogP contribution in [0.3, 0.4) is 0 Å². The molecule has 1 unspecified atom stereocenters. The minimum Gasteiger partial charge on any atom is -0.495 e. The molecule has 1 saturated heterocycles. The fourth-order valence-electron chi connectivity index (χ4n) is 2.79. The van der Waals surface area contributed by atoms with Crippen LogP contribution in [0.2, 0.25) is 5.15 Å². The predicted octanol–water partition coefficient (Wildman–Crippen LogP) is 3.08. The normalized spacial score (nSPS) is 17.5. The van der Waals surface area contributed by atoms with Crippen molar-refractivity contribution in [3.8, 4) is 5.75 Å². The number of rotatable bonds is 5. The van der Waals surface area contributed by atoms with Crippen LogP contribution in [0.15, 0.2) is 36.7 Å². The first-order chi connectivity index (χ1) is 10.8. The number of halogens is 1. The molecule has 2 heterocycles. The molecule has 1 atom stereocenters. The summed E-state index contributed by atoms with van der Waals surface area (Å²) in [5, 5.41) is 3.72. The van der Waals surface area contributed by atoms with Crippen molar-refractivity contribution in [2.45, 2.75) is 6.42 Å². The van der Waals surface area contributed by atoms with Crippen LogP contribution in [-0.2, 0) is 0 Å². The van der Waals surface area contributed by atoms with Gasteiger partial charge in [0, 0.05) is 19.6 Å². The second kappa shape index (κ2) is 6.83. The zero-order valence-electron chi connectivity index (χ0n) is 12.5. The number of nitrogens with one attached hydrogen (secondary N) is 1. The summed E-state index contributed by atoms with van der Waals surface area (Å²) in [4.78, 5) is 10.6. The fraction of sp³-hybridized carbons (Fsp3) is 0.375. The van der Waals surface area contributed by atoms with E-state index in [9.17, 15) is 0 Å². The van der Waals surface area contributed by atoms with E-state index in [1.54, 1.807) is 13.3 Å². The molecule has 0 amide bonds.